The predicted octanol–water partition coefficient (Wildman–Crippen LogP) is 2.58. The standard InChI is InChI=1S/C17H18Cl2N2O4/c18-12-4-3-9(8-13(12)19)16(23)21-5-1-2-14(21)15(22)20-11-6-10(7-11)17(24)25/h3-4,8,10-11,14H,1-2,5-7H2,(H,20,22)(H,24,25). The van der Waals surface area contributed by atoms with Gasteiger partial charge >= 0.3 is 5.97 Å². The molecule has 0 spiro atoms. The van der Waals surface area contributed by atoms with E-state index in [9.17, 15) is 14.4 Å². The van der Waals surface area contributed by atoms with Crippen LogP contribution in [0.1, 0.15) is 36.0 Å². The van der Waals surface area contributed by atoms with Gasteiger partial charge in [-0.3, -0.25) is 14.4 Å². The Hall–Kier alpha value is -1.79. The molecule has 2 N–H and O–H groups in total. The van der Waals surface area contributed by atoms with E-state index < -0.39 is 12.0 Å². The van der Waals surface area contributed by atoms with E-state index >= 15 is 0 Å². The van der Waals surface area contributed by atoms with Crippen molar-refractivity contribution in [3.8, 4) is 0 Å². The second-order valence-electron chi connectivity index (χ2n) is 6.50. The first-order chi connectivity index (χ1) is 11.9. The van der Waals surface area contributed by atoms with Crippen molar-refractivity contribution in [1.82, 2.24) is 10.2 Å². The molecule has 8 heteroatoms. The summed E-state index contributed by atoms with van der Waals surface area (Å²) in [6.07, 6.45) is 2.21. The zero-order valence-corrected chi connectivity index (χ0v) is 14.9. The lowest BCUT2D eigenvalue weighted by Gasteiger charge is -2.34. The molecule has 2 aliphatic rings. The molecule has 1 atom stereocenters. The van der Waals surface area contributed by atoms with Gasteiger partial charge in [0, 0.05) is 18.2 Å². The molecule has 25 heavy (non-hydrogen) atoms. The van der Waals surface area contributed by atoms with Crippen molar-refractivity contribution < 1.29 is 19.5 Å². The largest absolute Gasteiger partial charge is 0.481 e. The molecule has 1 saturated heterocycles. The maximum absolute atomic E-state index is 12.7. The highest BCUT2D eigenvalue weighted by atomic mass is 35.5. The van der Waals surface area contributed by atoms with Crippen LogP contribution in [0.15, 0.2) is 18.2 Å². The average molecular weight is 385 g/mol. The molecule has 3 rings (SSSR count). The molecule has 0 radical (unpaired) electrons. The van der Waals surface area contributed by atoms with Crippen LogP contribution in [0.4, 0.5) is 0 Å². The number of aliphatic carboxylic acids is 1. The van der Waals surface area contributed by atoms with Crippen molar-refractivity contribution in [2.75, 3.05) is 6.54 Å². The molecule has 2 fully saturated rings. The number of amides is 2. The lowest BCUT2D eigenvalue weighted by Crippen LogP contribution is -2.53. The first-order valence-corrected chi connectivity index (χ1v) is 8.91. The van der Waals surface area contributed by atoms with E-state index in [1.54, 1.807) is 17.0 Å². The summed E-state index contributed by atoms with van der Waals surface area (Å²) >= 11 is 11.8. The quantitative estimate of drug-likeness (QED) is 0.834. The average Bonchev–Trinajstić information content (AvgIpc) is 3.01. The van der Waals surface area contributed by atoms with Gasteiger partial charge in [0.1, 0.15) is 6.04 Å². The molecule has 0 bridgehead atoms. The van der Waals surface area contributed by atoms with Crippen molar-refractivity contribution in [1.29, 1.82) is 0 Å². The number of carboxylic acids is 1. The molecule has 1 aliphatic carbocycles. The smallest absolute Gasteiger partial charge is 0.306 e. The Morgan fingerprint density at radius 1 is 1.16 bits per heavy atom. The van der Waals surface area contributed by atoms with Crippen LogP contribution in [-0.4, -0.2) is 46.4 Å². The lowest BCUT2D eigenvalue weighted by atomic mass is 9.80. The number of likely N-dealkylation sites (tertiary alicyclic amines) is 1. The fourth-order valence-electron chi connectivity index (χ4n) is 3.31. The molecule has 1 aromatic carbocycles. The Morgan fingerprint density at radius 2 is 1.88 bits per heavy atom. The number of halogens is 2. The van der Waals surface area contributed by atoms with Crippen LogP contribution in [0.5, 0.6) is 0 Å². The highest BCUT2D eigenvalue weighted by Crippen LogP contribution is 2.29. The van der Waals surface area contributed by atoms with E-state index in [2.05, 4.69) is 5.32 Å². The van der Waals surface area contributed by atoms with Crippen LogP contribution in [0, 0.1) is 5.92 Å². The third-order valence-corrected chi connectivity index (χ3v) is 5.56. The summed E-state index contributed by atoms with van der Waals surface area (Å²) in [6, 6.07) is 3.99. The Bertz CT molecular complexity index is 719. The Morgan fingerprint density at radius 3 is 2.52 bits per heavy atom. The molecule has 1 saturated carbocycles. The number of carbonyl (C=O) groups excluding carboxylic acids is 2. The maximum atomic E-state index is 12.7. The highest BCUT2D eigenvalue weighted by molar-refractivity contribution is 6.42. The van der Waals surface area contributed by atoms with E-state index in [0.29, 0.717) is 41.4 Å². The van der Waals surface area contributed by atoms with Gasteiger partial charge in [-0.1, -0.05) is 23.2 Å². The zero-order chi connectivity index (χ0) is 18.1. The van der Waals surface area contributed by atoms with Crippen LogP contribution in [0.2, 0.25) is 10.0 Å². The molecule has 1 aliphatic heterocycles. The van der Waals surface area contributed by atoms with Gasteiger partial charge in [-0.05, 0) is 43.9 Å². The SMILES string of the molecule is O=C(O)C1CC(NC(=O)C2CCCN2C(=O)c2ccc(Cl)c(Cl)c2)C1. The van der Waals surface area contributed by atoms with Crippen LogP contribution < -0.4 is 5.32 Å². The molecule has 1 unspecified atom stereocenters. The molecular formula is C17H18Cl2N2O4. The number of hydrogen-bond donors (Lipinski definition) is 2. The first-order valence-electron chi connectivity index (χ1n) is 8.16. The molecule has 2 amide bonds. The predicted molar refractivity (Wildman–Crippen MR) is 92.8 cm³/mol. The molecule has 1 aromatic rings. The number of benzene rings is 1. The van der Waals surface area contributed by atoms with Gasteiger partial charge in [-0.2, -0.15) is 0 Å². The summed E-state index contributed by atoms with van der Waals surface area (Å²) in [4.78, 5) is 37.6. The summed E-state index contributed by atoms with van der Waals surface area (Å²) in [7, 11) is 0. The van der Waals surface area contributed by atoms with Crippen LogP contribution >= 0.6 is 23.2 Å². The molecule has 134 valence electrons. The zero-order valence-electron chi connectivity index (χ0n) is 13.4. The van der Waals surface area contributed by atoms with Crippen molar-refractivity contribution >= 4 is 41.0 Å². The summed E-state index contributed by atoms with van der Waals surface area (Å²) in [5.41, 5.74) is 0.392. The van der Waals surface area contributed by atoms with E-state index in [-0.39, 0.29) is 23.8 Å². The maximum Gasteiger partial charge on any atom is 0.306 e. The number of carboxylic acid groups (broad SMARTS) is 1. The Balaban J connectivity index is 1.63. The fourth-order valence-corrected chi connectivity index (χ4v) is 3.61. The van der Waals surface area contributed by atoms with Gasteiger partial charge in [0.15, 0.2) is 0 Å². The minimum Gasteiger partial charge on any atom is -0.481 e. The topological polar surface area (TPSA) is 86.7 Å². The van der Waals surface area contributed by atoms with Gasteiger partial charge in [0.25, 0.3) is 5.91 Å². The van der Waals surface area contributed by atoms with Gasteiger partial charge in [0.2, 0.25) is 5.91 Å². The third-order valence-electron chi connectivity index (χ3n) is 4.82. The van der Waals surface area contributed by atoms with E-state index in [4.69, 9.17) is 28.3 Å². The van der Waals surface area contributed by atoms with Crippen LogP contribution in [0.3, 0.4) is 0 Å². The lowest BCUT2D eigenvalue weighted by molar-refractivity contribution is -0.146. The number of hydrogen-bond acceptors (Lipinski definition) is 3. The normalized spacial score (nSPS) is 25.4. The molecule has 1 heterocycles. The van der Waals surface area contributed by atoms with Gasteiger partial charge in [-0.15, -0.1) is 0 Å². The highest BCUT2D eigenvalue weighted by Gasteiger charge is 2.39. The number of nitrogens with one attached hydrogen (secondary N) is 1. The number of rotatable bonds is 4. The van der Waals surface area contributed by atoms with E-state index in [0.717, 1.165) is 6.42 Å². The number of carbonyl (C=O) groups is 3. The van der Waals surface area contributed by atoms with Crippen molar-refractivity contribution in [3.63, 3.8) is 0 Å². The minimum atomic E-state index is -0.831. The van der Waals surface area contributed by atoms with Crippen molar-refractivity contribution in [2.24, 2.45) is 5.92 Å². The van der Waals surface area contributed by atoms with Gasteiger partial charge < -0.3 is 15.3 Å². The second kappa shape index (κ2) is 7.22. The molecular weight excluding hydrogens is 367 g/mol. The number of nitrogens with zero attached hydrogens (tertiary/aromatic N) is 1. The third kappa shape index (κ3) is 3.75. The minimum absolute atomic E-state index is 0.129. The summed E-state index contributed by atoms with van der Waals surface area (Å²) in [6.45, 7) is 0.500. The molecule has 6 nitrogen and oxygen atoms in total. The van der Waals surface area contributed by atoms with Gasteiger partial charge in [-0.25, -0.2) is 0 Å². The molecule has 0 aromatic heterocycles. The summed E-state index contributed by atoms with van der Waals surface area (Å²) in [5.74, 6) is -1.70. The van der Waals surface area contributed by atoms with E-state index in [1.165, 1.54) is 6.07 Å². The van der Waals surface area contributed by atoms with Gasteiger partial charge in [0.05, 0.1) is 16.0 Å². The summed E-state index contributed by atoms with van der Waals surface area (Å²) < 4.78 is 0. The van der Waals surface area contributed by atoms with Crippen molar-refractivity contribution in [2.45, 2.75) is 37.8 Å². The van der Waals surface area contributed by atoms with E-state index in [1.807, 2.05) is 0 Å². The van der Waals surface area contributed by atoms with Crippen LogP contribution in [-0.2, 0) is 9.59 Å². The second-order valence-corrected chi connectivity index (χ2v) is 7.31. The summed E-state index contributed by atoms with van der Waals surface area (Å²) in [5, 5.41) is 12.4. The van der Waals surface area contributed by atoms with Crippen molar-refractivity contribution in [3.05, 3.63) is 33.8 Å². The Labute approximate surface area is 155 Å². The first kappa shape index (κ1) is 18.0. The Kier molecular flexibility index (Phi) is 5.20. The fraction of sp³-hybridized carbons (Fsp3) is 0.471. The van der Waals surface area contributed by atoms with Crippen LogP contribution in [0.25, 0.3) is 0 Å². The monoisotopic (exact) mass is 384 g/mol.